The maximum Gasteiger partial charge on any atom is 0.0582 e. The minimum atomic E-state index is 1.04. The van der Waals surface area contributed by atoms with E-state index in [2.05, 4.69) is 184 Å². The lowest BCUT2D eigenvalue weighted by Gasteiger charge is -2.22. The normalized spacial score (nSPS) is 11.6. The van der Waals surface area contributed by atoms with Crippen LogP contribution in [0.2, 0.25) is 0 Å². The first-order valence-corrected chi connectivity index (χ1v) is 15.4. The van der Waals surface area contributed by atoms with Gasteiger partial charge in [0.25, 0.3) is 0 Å². The van der Waals surface area contributed by atoms with Gasteiger partial charge in [-0.1, -0.05) is 121 Å². The van der Waals surface area contributed by atoms with E-state index in [1.165, 1.54) is 43.6 Å². The van der Waals surface area contributed by atoms with Crippen molar-refractivity contribution in [1.82, 2.24) is 9.13 Å². The van der Waals surface area contributed by atoms with Gasteiger partial charge in [-0.15, -0.1) is 0 Å². The second kappa shape index (κ2) is 10.3. The summed E-state index contributed by atoms with van der Waals surface area (Å²) >= 11 is 0. The Hall–Kier alpha value is -6.06. The van der Waals surface area contributed by atoms with Crippen molar-refractivity contribution >= 4 is 55.0 Å². The molecule has 2 heterocycles. The molecule has 0 radical (unpaired) electrons. The zero-order valence-corrected chi connectivity index (χ0v) is 24.6. The molecule has 0 unspecified atom stereocenters. The third-order valence-corrected chi connectivity index (χ3v) is 8.88. The first-order valence-electron chi connectivity index (χ1n) is 15.4. The molecule has 0 amide bonds. The lowest BCUT2D eigenvalue weighted by molar-refractivity contribution is 1.14. The van der Waals surface area contributed by atoms with Crippen LogP contribution in [0.1, 0.15) is 0 Å². The van der Waals surface area contributed by atoms with Gasteiger partial charge in [-0.25, -0.2) is 0 Å². The Balaban J connectivity index is 1.46. The van der Waals surface area contributed by atoms with Crippen molar-refractivity contribution in [3.05, 3.63) is 170 Å². The number of fused-ring (bicyclic) bond motifs is 6. The van der Waals surface area contributed by atoms with Crippen molar-refractivity contribution in [3.63, 3.8) is 0 Å². The molecule has 3 nitrogen and oxygen atoms in total. The van der Waals surface area contributed by atoms with Crippen LogP contribution in [0.25, 0.3) is 66.1 Å². The molecule has 0 saturated heterocycles. The van der Waals surface area contributed by atoms with Crippen molar-refractivity contribution in [3.8, 4) is 22.5 Å². The Morgan fingerprint density at radius 2 is 0.800 bits per heavy atom. The van der Waals surface area contributed by atoms with Gasteiger partial charge in [0, 0.05) is 32.8 Å². The summed E-state index contributed by atoms with van der Waals surface area (Å²) in [6, 6.07) is 60.8. The zero-order valence-electron chi connectivity index (χ0n) is 24.6. The summed E-state index contributed by atoms with van der Waals surface area (Å²) in [5.74, 6) is 0. The average Bonchev–Trinajstić information content (AvgIpc) is 3.62. The van der Waals surface area contributed by atoms with Crippen LogP contribution in [-0.2, 0) is 0 Å². The van der Waals surface area contributed by atoms with Crippen LogP contribution >= 0.6 is 0 Å². The second-order valence-corrected chi connectivity index (χ2v) is 11.5. The monoisotopic (exact) mass is 575 g/mol. The van der Waals surface area contributed by atoms with Crippen LogP contribution in [0.5, 0.6) is 0 Å². The van der Waals surface area contributed by atoms with Gasteiger partial charge in [0.2, 0.25) is 0 Å². The molecule has 1 N–H and O–H groups in total. The highest BCUT2D eigenvalue weighted by Gasteiger charge is 2.21. The summed E-state index contributed by atoms with van der Waals surface area (Å²) in [6.45, 7) is 0. The molecule has 0 atom stereocenters. The fourth-order valence-corrected chi connectivity index (χ4v) is 6.98. The quantitative estimate of drug-likeness (QED) is 0.217. The lowest BCUT2D eigenvalue weighted by Crippen LogP contribution is -2.05. The first kappa shape index (κ1) is 25.4. The molecule has 45 heavy (non-hydrogen) atoms. The van der Waals surface area contributed by atoms with E-state index in [0.717, 1.165) is 33.9 Å². The molecule has 3 heteroatoms. The molecule has 212 valence electrons. The van der Waals surface area contributed by atoms with Gasteiger partial charge >= 0.3 is 0 Å². The standard InChI is InChI=1S/C42H29N3/c1-3-15-29(16-4-1)42-36(43-30-17-5-2-6-18-30)27-31(44-37-23-11-7-19-32(37)33-20-8-12-24-38(33)44)28-41(42)45-39-25-13-9-21-34(39)35-22-10-14-26-40(35)45/h1-28,43H. The van der Waals surface area contributed by atoms with E-state index < -0.39 is 0 Å². The first-order chi connectivity index (χ1) is 22.3. The number of nitrogens with one attached hydrogen (secondary N) is 1. The SMILES string of the molecule is c1ccc(Nc2cc(-n3c4ccccc4c4ccccc43)cc(-n3c4ccccc4c4ccccc43)c2-c2ccccc2)cc1. The Morgan fingerprint density at radius 1 is 0.378 bits per heavy atom. The predicted octanol–water partition coefficient (Wildman–Crippen LogP) is 11.3. The second-order valence-electron chi connectivity index (χ2n) is 11.5. The molecule has 0 aliphatic heterocycles. The molecule has 9 aromatic rings. The average molecular weight is 576 g/mol. The van der Waals surface area contributed by atoms with Crippen molar-refractivity contribution in [2.75, 3.05) is 5.32 Å². The Kier molecular flexibility index (Phi) is 5.82. The van der Waals surface area contributed by atoms with Crippen LogP contribution in [-0.4, -0.2) is 9.13 Å². The number of hydrogen-bond donors (Lipinski definition) is 1. The summed E-state index contributed by atoms with van der Waals surface area (Å²) in [4.78, 5) is 0. The van der Waals surface area contributed by atoms with Gasteiger partial charge in [0.15, 0.2) is 0 Å². The summed E-state index contributed by atoms with van der Waals surface area (Å²) in [5, 5.41) is 8.82. The molecule has 0 aliphatic carbocycles. The molecular formula is C42H29N3. The summed E-state index contributed by atoms with van der Waals surface area (Å²) in [7, 11) is 0. The number of nitrogens with zero attached hydrogens (tertiary/aromatic N) is 2. The maximum absolute atomic E-state index is 3.84. The zero-order chi connectivity index (χ0) is 29.7. The smallest absolute Gasteiger partial charge is 0.0582 e. The molecule has 0 fully saturated rings. The van der Waals surface area contributed by atoms with E-state index in [4.69, 9.17) is 0 Å². The van der Waals surface area contributed by atoms with Crippen molar-refractivity contribution in [2.24, 2.45) is 0 Å². The Morgan fingerprint density at radius 3 is 1.31 bits per heavy atom. The minimum Gasteiger partial charge on any atom is -0.355 e. The maximum atomic E-state index is 3.84. The largest absolute Gasteiger partial charge is 0.355 e. The highest BCUT2D eigenvalue weighted by Crippen LogP contribution is 2.43. The highest BCUT2D eigenvalue weighted by atomic mass is 15.0. The van der Waals surface area contributed by atoms with Crippen molar-refractivity contribution in [2.45, 2.75) is 0 Å². The molecule has 0 saturated carbocycles. The van der Waals surface area contributed by atoms with Gasteiger partial charge in [0.1, 0.15) is 0 Å². The van der Waals surface area contributed by atoms with E-state index in [1.54, 1.807) is 0 Å². The number of benzene rings is 7. The van der Waals surface area contributed by atoms with E-state index in [9.17, 15) is 0 Å². The molecule has 0 spiro atoms. The van der Waals surface area contributed by atoms with Crippen LogP contribution in [0.15, 0.2) is 170 Å². The summed E-state index contributed by atoms with van der Waals surface area (Å²) in [5.41, 5.74) is 11.3. The van der Waals surface area contributed by atoms with Gasteiger partial charge < -0.3 is 14.5 Å². The van der Waals surface area contributed by atoms with Gasteiger partial charge in [-0.3, -0.25) is 0 Å². The van der Waals surface area contributed by atoms with Crippen molar-refractivity contribution < 1.29 is 0 Å². The Labute approximate surface area is 261 Å². The van der Waals surface area contributed by atoms with Gasteiger partial charge in [-0.2, -0.15) is 0 Å². The van der Waals surface area contributed by atoms with Crippen molar-refractivity contribution in [1.29, 1.82) is 0 Å². The number of anilines is 2. The third-order valence-electron chi connectivity index (χ3n) is 8.88. The molecule has 7 aromatic carbocycles. The van der Waals surface area contributed by atoms with E-state index in [0.29, 0.717) is 0 Å². The fraction of sp³-hybridized carbons (Fsp3) is 0. The predicted molar refractivity (Wildman–Crippen MR) is 190 cm³/mol. The number of para-hydroxylation sites is 5. The van der Waals surface area contributed by atoms with E-state index >= 15 is 0 Å². The fourth-order valence-electron chi connectivity index (χ4n) is 6.98. The topological polar surface area (TPSA) is 21.9 Å². The van der Waals surface area contributed by atoms with Crippen LogP contribution in [0.3, 0.4) is 0 Å². The van der Waals surface area contributed by atoms with Crippen LogP contribution in [0.4, 0.5) is 11.4 Å². The summed E-state index contributed by atoms with van der Waals surface area (Å²) in [6.07, 6.45) is 0. The molecule has 9 rings (SSSR count). The number of rotatable bonds is 5. The highest BCUT2D eigenvalue weighted by molar-refractivity contribution is 6.11. The van der Waals surface area contributed by atoms with Gasteiger partial charge in [0.05, 0.1) is 39.1 Å². The van der Waals surface area contributed by atoms with Crippen LogP contribution in [0, 0.1) is 0 Å². The Bertz CT molecular complexity index is 2400. The minimum absolute atomic E-state index is 1.04. The van der Waals surface area contributed by atoms with E-state index in [1.807, 2.05) is 0 Å². The van der Waals surface area contributed by atoms with Crippen LogP contribution < -0.4 is 5.32 Å². The molecule has 2 aromatic heterocycles. The number of aromatic nitrogens is 2. The third kappa shape index (κ3) is 4.05. The molecule has 0 bridgehead atoms. The summed E-state index contributed by atoms with van der Waals surface area (Å²) < 4.78 is 4.85. The number of hydrogen-bond acceptors (Lipinski definition) is 1. The lowest BCUT2D eigenvalue weighted by atomic mass is 9.99. The van der Waals surface area contributed by atoms with Gasteiger partial charge in [-0.05, 0) is 54.1 Å². The molecule has 0 aliphatic rings. The van der Waals surface area contributed by atoms with E-state index in [-0.39, 0.29) is 0 Å². The molecular weight excluding hydrogens is 546 g/mol.